The summed E-state index contributed by atoms with van der Waals surface area (Å²) in [5, 5.41) is 2.35. The van der Waals surface area contributed by atoms with Crippen molar-refractivity contribution in [3.05, 3.63) is 29.8 Å². The summed E-state index contributed by atoms with van der Waals surface area (Å²) in [5.74, 6) is -1.38. The zero-order valence-corrected chi connectivity index (χ0v) is 23.0. The molecule has 0 spiro atoms. The smallest absolute Gasteiger partial charge is 0.415 e. The molecule has 2 saturated heterocycles. The number of nitrogens with one attached hydrogen (secondary N) is 1. The Morgan fingerprint density at radius 1 is 0.895 bits per heavy atom. The topological polar surface area (TPSA) is 126 Å². The zero-order chi connectivity index (χ0) is 28.3. The molecule has 5 amide bonds. The van der Waals surface area contributed by atoms with E-state index in [9.17, 15) is 24.0 Å². The van der Waals surface area contributed by atoms with Gasteiger partial charge in [-0.1, -0.05) is 12.1 Å². The molecule has 208 valence electrons. The van der Waals surface area contributed by atoms with Crippen molar-refractivity contribution in [1.29, 1.82) is 0 Å². The first-order chi connectivity index (χ1) is 17.6. The number of rotatable bonds is 4. The summed E-state index contributed by atoms with van der Waals surface area (Å²) in [4.78, 5) is 66.8. The summed E-state index contributed by atoms with van der Waals surface area (Å²) in [6, 6.07) is 6.76. The van der Waals surface area contributed by atoms with E-state index in [1.165, 1.54) is 4.90 Å². The van der Waals surface area contributed by atoms with E-state index in [1.54, 1.807) is 75.6 Å². The van der Waals surface area contributed by atoms with Gasteiger partial charge in [-0.15, -0.1) is 0 Å². The molecule has 0 bridgehead atoms. The highest BCUT2D eigenvalue weighted by Crippen LogP contribution is 2.27. The van der Waals surface area contributed by atoms with Gasteiger partial charge in [0.05, 0.1) is 5.92 Å². The van der Waals surface area contributed by atoms with Crippen LogP contribution in [0.4, 0.5) is 15.3 Å². The van der Waals surface area contributed by atoms with Gasteiger partial charge in [0.15, 0.2) is 0 Å². The van der Waals surface area contributed by atoms with E-state index < -0.39 is 29.3 Å². The number of benzene rings is 1. The quantitative estimate of drug-likeness (QED) is 0.593. The Labute approximate surface area is 223 Å². The minimum Gasteiger partial charge on any atom is -0.444 e. The van der Waals surface area contributed by atoms with Crippen molar-refractivity contribution in [2.45, 2.75) is 71.5 Å². The fourth-order valence-corrected chi connectivity index (χ4v) is 4.18. The summed E-state index contributed by atoms with van der Waals surface area (Å²) in [6.07, 6.45) is -0.422. The van der Waals surface area contributed by atoms with Crippen LogP contribution < -0.4 is 10.2 Å². The van der Waals surface area contributed by atoms with Crippen molar-refractivity contribution in [3.63, 3.8) is 0 Å². The van der Waals surface area contributed by atoms with Crippen LogP contribution in [0.1, 0.15) is 65.9 Å². The molecule has 0 aromatic heterocycles. The summed E-state index contributed by atoms with van der Waals surface area (Å²) < 4.78 is 11.0. The number of anilines is 1. The first-order valence-electron chi connectivity index (χ1n) is 12.8. The summed E-state index contributed by atoms with van der Waals surface area (Å²) >= 11 is 0. The molecule has 0 aliphatic carbocycles. The lowest BCUT2D eigenvalue weighted by molar-refractivity contribution is -0.134. The fraction of sp³-hybridized carbons (Fsp3) is 0.593. The number of piperazine rings is 1. The number of hydrogen-bond donors (Lipinski definition) is 1. The van der Waals surface area contributed by atoms with Crippen molar-refractivity contribution in [2.75, 3.05) is 37.6 Å². The summed E-state index contributed by atoms with van der Waals surface area (Å²) in [5.41, 5.74) is -0.223. The van der Waals surface area contributed by atoms with Gasteiger partial charge in [-0.2, -0.15) is 0 Å². The third-order valence-corrected chi connectivity index (χ3v) is 6.04. The zero-order valence-electron chi connectivity index (χ0n) is 23.0. The van der Waals surface area contributed by atoms with Gasteiger partial charge in [-0.05, 0) is 65.7 Å². The number of imide groups is 1. The van der Waals surface area contributed by atoms with E-state index in [-0.39, 0.29) is 30.7 Å². The fourth-order valence-electron chi connectivity index (χ4n) is 4.18. The normalized spacial score (nSPS) is 18.5. The Morgan fingerprint density at radius 2 is 1.45 bits per heavy atom. The van der Waals surface area contributed by atoms with Crippen molar-refractivity contribution in [3.8, 4) is 0 Å². The molecule has 1 unspecified atom stereocenters. The molecule has 1 atom stereocenters. The van der Waals surface area contributed by atoms with Gasteiger partial charge in [0.1, 0.15) is 17.7 Å². The van der Waals surface area contributed by atoms with E-state index in [2.05, 4.69) is 5.32 Å². The maximum Gasteiger partial charge on any atom is 0.415 e. The average Bonchev–Trinajstić information content (AvgIpc) is 2.80. The lowest BCUT2D eigenvalue weighted by Gasteiger charge is -2.36. The number of carbonyl (C=O) groups is 5. The third kappa shape index (κ3) is 7.93. The lowest BCUT2D eigenvalue weighted by atomic mass is 9.90. The molecule has 2 aliphatic heterocycles. The highest BCUT2D eigenvalue weighted by atomic mass is 16.6. The maximum atomic E-state index is 13.2. The van der Waals surface area contributed by atoms with E-state index in [0.29, 0.717) is 43.9 Å². The second kappa shape index (κ2) is 11.4. The monoisotopic (exact) mass is 530 g/mol. The highest BCUT2D eigenvalue weighted by molar-refractivity contribution is 6.01. The summed E-state index contributed by atoms with van der Waals surface area (Å²) in [6.45, 7) is 11.7. The van der Waals surface area contributed by atoms with Gasteiger partial charge >= 0.3 is 12.2 Å². The van der Waals surface area contributed by atoms with E-state index in [1.807, 2.05) is 0 Å². The van der Waals surface area contributed by atoms with Crippen LogP contribution in [0.3, 0.4) is 0 Å². The lowest BCUT2D eigenvalue weighted by Crippen LogP contribution is -2.54. The standard InChI is InChI=1S/C27H38N4O7/c1-26(2,3)37-24(35)30-15-13-29(14-16-30)22(33)17-31(25(36)38-27(4,5)6)19-9-7-18(8-10-19)20-11-12-21(32)28-23(20)34/h7-10,20H,11-17H2,1-6H3,(H,28,32,34). The molecule has 2 heterocycles. The number of amides is 5. The van der Waals surface area contributed by atoms with Gasteiger partial charge in [-0.25, -0.2) is 9.59 Å². The number of carbonyl (C=O) groups excluding carboxylic acids is 5. The predicted octanol–water partition coefficient (Wildman–Crippen LogP) is 3.03. The number of ether oxygens (including phenoxy) is 2. The van der Waals surface area contributed by atoms with E-state index in [4.69, 9.17) is 9.47 Å². The van der Waals surface area contributed by atoms with E-state index >= 15 is 0 Å². The van der Waals surface area contributed by atoms with Gasteiger partial charge in [0, 0.05) is 38.3 Å². The molecule has 11 nitrogen and oxygen atoms in total. The molecule has 3 rings (SSSR count). The summed E-state index contributed by atoms with van der Waals surface area (Å²) in [7, 11) is 0. The highest BCUT2D eigenvalue weighted by Gasteiger charge is 2.32. The van der Waals surface area contributed by atoms with Crippen LogP contribution in [0.5, 0.6) is 0 Å². The number of hydrogen-bond acceptors (Lipinski definition) is 7. The molecule has 1 N–H and O–H groups in total. The molecule has 0 radical (unpaired) electrons. The van der Waals surface area contributed by atoms with Gasteiger partial charge in [0.25, 0.3) is 0 Å². The van der Waals surface area contributed by atoms with Crippen LogP contribution in [0, 0.1) is 0 Å². The minimum absolute atomic E-state index is 0.251. The van der Waals surface area contributed by atoms with Crippen molar-refractivity contribution < 1.29 is 33.4 Å². The van der Waals surface area contributed by atoms with E-state index in [0.717, 1.165) is 0 Å². The Hall–Kier alpha value is -3.63. The SMILES string of the molecule is CC(C)(C)OC(=O)N1CCN(C(=O)CN(C(=O)OC(C)(C)C)c2ccc(C3CCC(=O)NC3=O)cc2)CC1. The molecule has 1 aromatic carbocycles. The van der Waals surface area contributed by atoms with Crippen LogP contribution in [0.15, 0.2) is 24.3 Å². The Balaban J connectivity index is 1.70. The second-order valence-corrected chi connectivity index (χ2v) is 11.5. The molecular formula is C27H38N4O7. The third-order valence-electron chi connectivity index (χ3n) is 6.04. The Kier molecular flexibility index (Phi) is 8.68. The first kappa shape index (κ1) is 28.9. The van der Waals surface area contributed by atoms with Crippen molar-refractivity contribution in [2.24, 2.45) is 0 Å². The predicted molar refractivity (Wildman–Crippen MR) is 140 cm³/mol. The molecule has 38 heavy (non-hydrogen) atoms. The van der Waals surface area contributed by atoms with Gasteiger partial charge in [-0.3, -0.25) is 24.6 Å². The molecule has 11 heteroatoms. The van der Waals surface area contributed by atoms with Crippen LogP contribution in [-0.2, 0) is 23.9 Å². The van der Waals surface area contributed by atoms with Crippen LogP contribution >= 0.6 is 0 Å². The Morgan fingerprint density at radius 3 is 1.97 bits per heavy atom. The number of piperidine rings is 1. The second-order valence-electron chi connectivity index (χ2n) is 11.5. The van der Waals surface area contributed by atoms with Crippen molar-refractivity contribution >= 4 is 35.6 Å². The molecule has 2 fully saturated rings. The molecule has 1 aromatic rings. The van der Waals surface area contributed by atoms with Crippen LogP contribution in [-0.4, -0.2) is 83.6 Å². The molecule has 0 saturated carbocycles. The van der Waals surface area contributed by atoms with Crippen LogP contribution in [0.2, 0.25) is 0 Å². The van der Waals surface area contributed by atoms with Crippen molar-refractivity contribution in [1.82, 2.24) is 15.1 Å². The first-order valence-corrected chi connectivity index (χ1v) is 12.8. The number of nitrogens with zero attached hydrogens (tertiary/aromatic N) is 3. The minimum atomic E-state index is -0.774. The van der Waals surface area contributed by atoms with Gasteiger partial charge < -0.3 is 19.3 Å². The maximum absolute atomic E-state index is 13.2. The average molecular weight is 531 g/mol. The largest absolute Gasteiger partial charge is 0.444 e. The Bertz CT molecular complexity index is 1060. The van der Waals surface area contributed by atoms with Crippen LogP contribution in [0.25, 0.3) is 0 Å². The molecule has 2 aliphatic rings. The molecular weight excluding hydrogens is 492 g/mol. The van der Waals surface area contributed by atoms with Gasteiger partial charge in [0.2, 0.25) is 17.7 Å².